The van der Waals surface area contributed by atoms with E-state index in [-0.39, 0.29) is 45.2 Å². The fourth-order valence-corrected chi connectivity index (χ4v) is 6.17. The van der Waals surface area contributed by atoms with Crippen LogP contribution in [0.5, 0.6) is 11.5 Å². The SMILES string of the molecule is COc1cc(CO)cc(I)c1O[C@H]1C=C(C(=O)NCCO)C[C@@H](N(Cc2ccc(Cl)c(Cl)c2)C(=O)C2CCOC2)[C@@H]1O. The first-order valence-corrected chi connectivity index (χ1v) is 15.2. The second kappa shape index (κ2) is 15.0. The van der Waals surface area contributed by atoms with Crippen LogP contribution in [-0.2, 0) is 27.5 Å². The molecule has 42 heavy (non-hydrogen) atoms. The number of aliphatic hydroxyl groups excluding tert-OH is 3. The van der Waals surface area contributed by atoms with Crippen molar-refractivity contribution in [3.8, 4) is 11.5 Å². The monoisotopic (exact) mass is 734 g/mol. The molecule has 1 unspecified atom stereocenters. The van der Waals surface area contributed by atoms with Gasteiger partial charge in [-0.05, 0) is 70.5 Å². The average molecular weight is 735 g/mol. The molecule has 10 nitrogen and oxygen atoms in total. The van der Waals surface area contributed by atoms with Crippen LogP contribution >= 0.6 is 45.8 Å². The number of aliphatic hydroxyl groups is 3. The molecular formula is C29H33Cl2IN2O8. The molecule has 1 heterocycles. The molecule has 4 N–H and O–H groups in total. The first kappa shape index (κ1) is 32.8. The van der Waals surface area contributed by atoms with E-state index in [9.17, 15) is 24.9 Å². The van der Waals surface area contributed by atoms with Gasteiger partial charge in [-0.2, -0.15) is 0 Å². The van der Waals surface area contributed by atoms with Crippen LogP contribution < -0.4 is 14.8 Å². The number of nitrogens with zero attached hydrogens (tertiary/aromatic N) is 1. The van der Waals surface area contributed by atoms with Crippen LogP contribution in [-0.4, -0.2) is 83.8 Å². The molecule has 0 saturated carbocycles. The summed E-state index contributed by atoms with van der Waals surface area (Å²) in [5, 5.41) is 34.0. The molecule has 1 aliphatic carbocycles. The maximum atomic E-state index is 13.9. The van der Waals surface area contributed by atoms with Gasteiger partial charge in [0.2, 0.25) is 11.8 Å². The van der Waals surface area contributed by atoms with Crippen molar-refractivity contribution in [2.75, 3.05) is 33.5 Å². The summed E-state index contributed by atoms with van der Waals surface area (Å²) >= 11 is 14.4. The molecule has 1 saturated heterocycles. The highest BCUT2D eigenvalue weighted by Crippen LogP contribution is 2.38. The summed E-state index contributed by atoms with van der Waals surface area (Å²) < 4.78 is 17.9. The molecule has 2 aliphatic rings. The second-order valence-corrected chi connectivity index (χ2v) is 12.0. The molecule has 4 atom stereocenters. The first-order chi connectivity index (χ1) is 20.2. The summed E-state index contributed by atoms with van der Waals surface area (Å²) in [6.07, 6.45) is -0.192. The second-order valence-electron chi connectivity index (χ2n) is 10.1. The van der Waals surface area contributed by atoms with E-state index in [4.69, 9.17) is 37.4 Å². The molecule has 0 aromatic heterocycles. The molecular weight excluding hydrogens is 702 g/mol. The molecule has 1 fully saturated rings. The van der Waals surface area contributed by atoms with Crippen molar-refractivity contribution in [2.24, 2.45) is 5.92 Å². The lowest BCUT2D eigenvalue weighted by Crippen LogP contribution is -2.56. The highest BCUT2D eigenvalue weighted by atomic mass is 127. The Morgan fingerprint density at radius 3 is 2.60 bits per heavy atom. The van der Waals surface area contributed by atoms with Crippen LogP contribution in [0.15, 0.2) is 42.0 Å². The van der Waals surface area contributed by atoms with Crippen LogP contribution in [0.25, 0.3) is 0 Å². The van der Waals surface area contributed by atoms with E-state index in [0.717, 1.165) is 0 Å². The van der Waals surface area contributed by atoms with Gasteiger partial charge in [-0.25, -0.2) is 0 Å². The molecule has 13 heteroatoms. The molecule has 2 aromatic carbocycles. The third kappa shape index (κ3) is 7.68. The van der Waals surface area contributed by atoms with Crippen LogP contribution in [0.4, 0.5) is 0 Å². The molecule has 2 aromatic rings. The van der Waals surface area contributed by atoms with Gasteiger partial charge >= 0.3 is 0 Å². The summed E-state index contributed by atoms with van der Waals surface area (Å²) in [5.74, 6) is -0.426. The number of hydrogen-bond acceptors (Lipinski definition) is 8. The lowest BCUT2D eigenvalue weighted by Gasteiger charge is -2.41. The van der Waals surface area contributed by atoms with Gasteiger partial charge in [0.05, 0.1) is 52.5 Å². The Morgan fingerprint density at radius 1 is 1.17 bits per heavy atom. The molecule has 0 radical (unpaired) electrons. The van der Waals surface area contributed by atoms with Crippen molar-refractivity contribution < 1.29 is 39.1 Å². The Bertz CT molecular complexity index is 1320. The highest BCUT2D eigenvalue weighted by Gasteiger charge is 2.43. The predicted octanol–water partition coefficient (Wildman–Crippen LogP) is 3.08. The van der Waals surface area contributed by atoms with E-state index >= 15 is 0 Å². The smallest absolute Gasteiger partial charge is 0.247 e. The minimum atomic E-state index is -1.24. The number of carbonyl (C=O) groups is 2. The minimum absolute atomic E-state index is 0.0363. The lowest BCUT2D eigenvalue weighted by molar-refractivity contribution is -0.143. The maximum absolute atomic E-state index is 13.9. The Hall–Kier alpha value is -2.13. The number of halogens is 3. The maximum Gasteiger partial charge on any atom is 0.247 e. The van der Waals surface area contributed by atoms with Gasteiger partial charge in [-0.3, -0.25) is 9.59 Å². The Morgan fingerprint density at radius 2 is 1.95 bits per heavy atom. The Kier molecular flexibility index (Phi) is 11.7. The summed E-state index contributed by atoms with van der Waals surface area (Å²) in [7, 11) is 1.46. The molecule has 228 valence electrons. The quantitative estimate of drug-likeness (QED) is 0.259. The number of methoxy groups -OCH3 is 1. The molecule has 0 bridgehead atoms. The van der Waals surface area contributed by atoms with Crippen molar-refractivity contribution >= 4 is 57.6 Å². The zero-order valence-corrected chi connectivity index (χ0v) is 26.6. The third-order valence-corrected chi connectivity index (χ3v) is 8.78. The fraction of sp³-hybridized carbons (Fsp3) is 0.448. The number of ether oxygens (including phenoxy) is 3. The fourth-order valence-electron chi connectivity index (χ4n) is 5.05. The van der Waals surface area contributed by atoms with Crippen LogP contribution in [0.3, 0.4) is 0 Å². The highest BCUT2D eigenvalue weighted by molar-refractivity contribution is 14.1. The number of rotatable bonds is 11. The van der Waals surface area contributed by atoms with Gasteiger partial charge in [-0.15, -0.1) is 0 Å². The Labute approximate surface area is 267 Å². The predicted molar refractivity (Wildman–Crippen MR) is 165 cm³/mol. The van der Waals surface area contributed by atoms with Crippen molar-refractivity contribution in [3.63, 3.8) is 0 Å². The summed E-state index contributed by atoms with van der Waals surface area (Å²) in [6, 6.07) is 7.55. The van der Waals surface area contributed by atoms with E-state index in [2.05, 4.69) is 5.32 Å². The number of carbonyl (C=O) groups excluding carboxylic acids is 2. The van der Waals surface area contributed by atoms with Crippen LogP contribution in [0.1, 0.15) is 24.0 Å². The molecule has 0 spiro atoms. The van der Waals surface area contributed by atoms with Crippen molar-refractivity contribution in [1.82, 2.24) is 10.2 Å². The van der Waals surface area contributed by atoms with Gasteiger partial charge in [0.15, 0.2) is 11.5 Å². The molecule has 4 rings (SSSR count). The van der Waals surface area contributed by atoms with Crippen molar-refractivity contribution in [3.05, 3.63) is 66.7 Å². The Balaban J connectivity index is 1.74. The zero-order chi connectivity index (χ0) is 30.4. The molecule has 2 amide bonds. The number of hydrogen-bond donors (Lipinski definition) is 4. The van der Waals surface area contributed by atoms with Gasteiger partial charge in [0, 0.05) is 31.7 Å². The van der Waals surface area contributed by atoms with E-state index < -0.39 is 30.1 Å². The summed E-state index contributed by atoms with van der Waals surface area (Å²) in [5.41, 5.74) is 1.60. The van der Waals surface area contributed by atoms with Gasteiger partial charge < -0.3 is 39.7 Å². The summed E-state index contributed by atoms with van der Waals surface area (Å²) in [4.78, 5) is 28.6. The zero-order valence-electron chi connectivity index (χ0n) is 22.9. The van der Waals surface area contributed by atoms with Gasteiger partial charge in [0.25, 0.3) is 0 Å². The van der Waals surface area contributed by atoms with E-state index in [1.165, 1.54) is 13.2 Å². The van der Waals surface area contributed by atoms with Gasteiger partial charge in [0.1, 0.15) is 12.2 Å². The molecule has 1 aliphatic heterocycles. The summed E-state index contributed by atoms with van der Waals surface area (Å²) in [6.45, 7) is 0.388. The van der Waals surface area contributed by atoms with Gasteiger partial charge in [-0.1, -0.05) is 29.3 Å². The average Bonchev–Trinajstić information content (AvgIpc) is 3.53. The normalized spacial score (nSPS) is 21.9. The minimum Gasteiger partial charge on any atom is -0.493 e. The number of nitrogens with one attached hydrogen (secondary N) is 1. The van der Waals surface area contributed by atoms with Crippen molar-refractivity contribution in [1.29, 1.82) is 0 Å². The van der Waals surface area contributed by atoms with E-state index in [1.54, 1.807) is 35.2 Å². The topological polar surface area (TPSA) is 138 Å². The third-order valence-electron chi connectivity index (χ3n) is 7.24. The van der Waals surface area contributed by atoms with E-state index in [0.29, 0.717) is 54.8 Å². The largest absolute Gasteiger partial charge is 0.493 e. The van der Waals surface area contributed by atoms with Crippen molar-refractivity contribution in [2.45, 2.75) is 44.2 Å². The van der Waals surface area contributed by atoms with Crippen LogP contribution in [0, 0.1) is 9.49 Å². The standard InChI is InChI=1S/C29H33Cl2IN2O8/c1-40-25-10-17(14-36)9-22(32)27(25)42-24-12-19(28(38)33-5-6-35)11-23(26(24)37)34(29(39)18-4-7-41-15-18)13-16-2-3-20(30)21(31)8-16/h2-3,8-10,12,18,23-24,26,35-37H,4-7,11,13-15H2,1H3,(H,33,38)/t18?,23-,24+,26+/m1/s1. The number of amides is 2. The van der Waals surface area contributed by atoms with E-state index in [1.807, 2.05) is 22.6 Å². The number of benzene rings is 2. The van der Waals surface area contributed by atoms with Crippen LogP contribution in [0.2, 0.25) is 10.0 Å². The first-order valence-electron chi connectivity index (χ1n) is 13.4. The lowest BCUT2D eigenvalue weighted by atomic mass is 9.87.